The minimum absolute atomic E-state index is 0.0376. The van der Waals surface area contributed by atoms with E-state index in [1.807, 2.05) is 51.1 Å². The van der Waals surface area contributed by atoms with Gasteiger partial charge in [-0.25, -0.2) is 8.42 Å². The zero-order valence-electron chi connectivity index (χ0n) is 25.5. The molecule has 10 heteroatoms. The summed E-state index contributed by atoms with van der Waals surface area (Å²) in [6.07, 6.45) is 0.232. The number of rotatable bonds is 13. The van der Waals surface area contributed by atoms with Crippen molar-refractivity contribution in [1.29, 1.82) is 0 Å². The third-order valence-corrected chi connectivity index (χ3v) is 9.52. The summed E-state index contributed by atoms with van der Waals surface area (Å²) >= 11 is 12.3. The number of carbonyl (C=O) groups excluding carboxylic acids is 2. The Labute approximate surface area is 275 Å². The van der Waals surface area contributed by atoms with Gasteiger partial charge in [0.25, 0.3) is 10.0 Å². The number of hydrogen-bond donors (Lipinski definition) is 1. The van der Waals surface area contributed by atoms with Crippen molar-refractivity contribution in [1.82, 2.24) is 10.2 Å². The molecule has 0 spiro atoms. The Balaban J connectivity index is 1.79. The molecule has 0 saturated heterocycles. The van der Waals surface area contributed by atoms with Gasteiger partial charge in [0.05, 0.1) is 10.6 Å². The molecule has 0 aromatic heterocycles. The van der Waals surface area contributed by atoms with Crippen LogP contribution in [0.2, 0.25) is 10.0 Å². The Morgan fingerprint density at radius 1 is 0.778 bits per heavy atom. The Kier molecular flexibility index (Phi) is 11.7. The lowest BCUT2D eigenvalue weighted by Gasteiger charge is -2.34. The van der Waals surface area contributed by atoms with Crippen molar-refractivity contribution >= 4 is 50.7 Å². The van der Waals surface area contributed by atoms with E-state index >= 15 is 0 Å². The first kappa shape index (κ1) is 34.0. The number of carbonyl (C=O) groups is 2. The van der Waals surface area contributed by atoms with Gasteiger partial charge >= 0.3 is 0 Å². The van der Waals surface area contributed by atoms with Crippen LogP contribution in [0.15, 0.2) is 108 Å². The summed E-state index contributed by atoms with van der Waals surface area (Å²) in [4.78, 5) is 29.8. The van der Waals surface area contributed by atoms with Crippen molar-refractivity contribution in [3.05, 3.63) is 130 Å². The lowest BCUT2D eigenvalue weighted by molar-refractivity contribution is -0.140. The zero-order chi connectivity index (χ0) is 32.6. The van der Waals surface area contributed by atoms with Crippen LogP contribution in [0.1, 0.15) is 30.5 Å². The van der Waals surface area contributed by atoms with Gasteiger partial charge in [-0.1, -0.05) is 97.2 Å². The van der Waals surface area contributed by atoms with Gasteiger partial charge in [-0.15, -0.1) is 0 Å². The van der Waals surface area contributed by atoms with E-state index < -0.39 is 28.5 Å². The van der Waals surface area contributed by atoms with E-state index in [1.54, 1.807) is 60.7 Å². The van der Waals surface area contributed by atoms with E-state index in [0.717, 1.165) is 21.0 Å². The van der Waals surface area contributed by atoms with E-state index in [9.17, 15) is 18.0 Å². The van der Waals surface area contributed by atoms with Crippen molar-refractivity contribution in [2.75, 3.05) is 17.4 Å². The molecular formula is C35H37Cl2N3O4S. The third-order valence-electron chi connectivity index (χ3n) is 7.22. The molecule has 236 valence electrons. The summed E-state index contributed by atoms with van der Waals surface area (Å²) < 4.78 is 29.2. The highest BCUT2D eigenvalue weighted by Gasteiger charge is 2.34. The predicted molar refractivity (Wildman–Crippen MR) is 181 cm³/mol. The molecular weight excluding hydrogens is 629 g/mol. The lowest BCUT2D eigenvalue weighted by atomic mass is 10.0. The maximum atomic E-state index is 14.5. The first-order valence-corrected chi connectivity index (χ1v) is 16.8. The first-order valence-electron chi connectivity index (χ1n) is 14.6. The monoisotopic (exact) mass is 665 g/mol. The summed E-state index contributed by atoms with van der Waals surface area (Å²) in [5.74, 6) is -0.683. The minimum atomic E-state index is -4.19. The molecule has 0 unspecified atom stereocenters. The SMILES string of the molecule is Cc1ccc(S(=O)(=O)N(CC(=O)N(Cc2ccc(Cl)cc2)[C@@H](Cc2ccccc2)C(=O)NCC(C)C)c2ccc(Cl)cc2)cc1. The van der Waals surface area contributed by atoms with Crippen molar-refractivity contribution in [2.24, 2.45) is 5.92 Å². The van der Waals surface area contributed by atoms with Crippen molar-refractivity contribution in [2.45, 2.75) is 44.7 Å². The lowest BCUT2D eigenvalue weighted by Crippen LogP contribution is -2.53. The second kappa shape index (κ2) is 15.4. The number of aryl methyl sites for hydroxylation is 1. The number of amides is 2. The topological polar surface area (TPSA) is 86.8 Å². The van der Waals surface area contributed by atoms with Crippen LogP contribution in [0, 0.1) is 12.8 Å². The highest BCUT2D eigenvalue weighted by Crippen LogP contribution is 2.27. The van der Waals surface area contributed by atoms with Gasteiger partial charge in [0.15, 0.2) is 0 Å². The third kappa shape index (κ3) is 9.33. The molecule has 4 rings (SSSR count). The summed E-state index contributed by atoms with van der Waals surface area (Å²) in [7, 11) is -4.19. The number of benzene rings is 4. The Morgan fingerprint density at radius 2 is 1.36 bits per heavy atom. The molecule has 0 heterocycles. The number of nitrogens with zero attached hydrogens (tertiary/aromatic N) is 2. The molecule has 1 atom stereocenters. The average Bonchev–Trinajstić information content (AvgIpc) is 3.02. The fourth-order valence-corrected chi connectivity index (χ4v) is 6.40. The fourth-order valence-electron chi connectivity index (χ4n) is 4.74. The molecule has 0 aliphatic rings. The highest BCUT2D eigenvalue weighted by molar-refractivity contribution is 7.92. The van der Waals surface area contributed by atoms with Crippen LogP contribution in [0.3, 0.4) is 0 Å². The molecule has 0 fully saturated rings. The largest absolute Gasteiger partial charge is 0.354 e. The molecule has 0 aliphatic heterocycles. The first-order chi connectivity index (χ1) is 21.4. The van der Waals surface area contributed by atoms with E-state index in [-0.39, 0.29) is 35.4 Å². The summed E-state index contributed by atoms with van der Waals surface area (Å²) in [5.41, 5.74) is 2.76. The molecule has 0 saturated carbocycles. The van der Waals surface area contributed by atoms with Crippen LogP contribution in [0.25, 0.3) is 0 Å². The molecule has 1 N–H and O–H groups in total. The normalized spacial score (nSPS) is 12.0. The minimum Gasteiger partial charge on any atom is -0.354 e. The quantitative estimate of drug-likeness (QED) is 0.168. The van der Waals surface area contributed by atoms with Crippen LogP contribution in [-0.4, -0.2) is 44.3 Å². The van der Waals surface area contributed by atoms with Crippen LogP contribution >= 0.6 is 23.2 Å². The standard InChI is InChI=1S/C35H37Cl2N3O4S/c1-25(2)22-38-35(42)33(21-27-7-5-4-6-8-27)39(23-28-11-13-29(36)14-12-28)34(41)24-40(31-17-15-30(37)16-18-31)45(43,44)32-19-9-26(3)10-20-32/h4-20,25,33H,21-24H2,1-3H3,(H,38,42)/t33-/m0/s1. The van der Waals surface area contributed by atoms with E-state index in [4.69, 9.17) is 23.2 Å². The van der Waals surface area contributed by atoms with Gasteiger partial charge in [-0.3, -0.25) is 13.9 Å². The smallest absolute Gasteiger partial charge is 0.264 e. The maximum absolute atomic E-state index is 14.5. The number of nitrogens with one attached hydrogen (secondary N) is 1. The zero-order valence-corrected chi connectivity index (χ0v) is 27.8. The van der Waals surface area contributed by atoms with Gasteiger partial charge in [0.2, 0.25) is 11.8 Å². The molecule has 0 aliphatic carbocycles. The van der Waals surface area contributed by atoms with Crippen molar-refractivity contribution in [3.8, 4) is 0 Å². The van der Waals surface area contributed by atoms with Gasteiger partial charge in [-0.05, 0) is 72.5 Å². The number of anilines is 1. The molecule has 4 aromatic carbocycles. The number of hydrogen-bond acceptors (Lipinski definition) is 4. The van der Waals surface area contributed by atoms with Crippen molar-refractivity contribution < 1.29 is 18.0 Å². The second-order valence-electron chi connectivity index (χ2n) is 11.3. The maximum Gasteiger partial charge on any atom is 0.264 e. The molecule has 0 bridgehead atoms. The second-order valence-corrected chi connectivity index (χ2v) is 14.0. The summed E-state index contributed by atoms with van der Waals surface area (Å²) in [6.45, 7) is 5.77. The van der Waals surface area contributed by atoms with Crippen LogP contribution in [-0.2, 0) is 32.6 Å². The number of halogens is 2. The molecule has 2 amide bonds. The van der Waals surface area contributed by atoms with E-state index in [1.165, 1.54) is 17.0 Å². The summed E-state index contributed by atoms with van der Waals surface area (Å²) in [6, 6.07) is 28.2. The highest BCUT2D eigenvalue weighted by atomic mass is 35.5. The Bertz CT molecular complexity index is 1680. The average molecular weight is 667 g/mol. The predicted octanol–water partition coefficient (Wildman–Crippen LogP) is 6.91. The van der Waals surface area contributed by atoms with E-state index in [0.29, 0.717) is 16.6 Å². The summed E-state index contributed by atoms with van der Waals surface area (Å²) in [5, 5.41) is 3.94. The molecule has 45 heavy (non-hydrogen) atoms. The van der Waals surface area contributed by atoms with Crippen LogP contribution in [0.5, 0.6) is 0 Å². The molecule has 0 radical (unpaired) electrons. The molecule has 7 nitrogen and oxygen atoms in total. The van der Waals surface area contributed by atoms with Gasteiger partial charge in [0.1, 0.15) is 12.6 Å². The van der Waals surface area contributed by atoms with Gasteiger partial charge in [0, 0.05) is 29.6 Å². The molecule has 4 aromatic rings. The Morgan fingerprint density at radius 3 is 1.93 bits per heavy atom. The fraction of sp³-hybridized carbons (Fsp3) is 0.257. The van der Waals surface area contributed by atoms with E-state index in [2.05, 4.69) is 5.32 Å². The van der Waals surface area contributed by atoms with Crippen molar-refractivity contribution in [3.63, 3.8) is 0 Å². The number of sulfonamides is 1. The van der Waals surface area contributed by atoms with Crippen LogP contribution < -0.4 is 9.62 Å². The Hall–Kier alpha value is -3.85. The van der Waals surface area contributed by atoms with Gasteiger partial charge in [-0.2, -0.15) is 0 Å². The van der Waals surface area contributed by atoms with Crippen LogP contribution in [0.4, 0.5) is 5.69 Å². The van der Waals surface area contributed by atoms with Gasteiger partial charge < -0.3 is 10.2 Å².